The minimum atomic E-state index is -1.08. The highest BCUT2D eigenvalue weighted by atomic mass is 33.1. The molecule has 8 bridgehead atoms. The molecular formula is C64H87N3O13S2. The molecule has 15 unspecified atom stereocenters. The zero-order valence-corrected chi connectivity index (χ0v) is 49.5. The largest absolute Gasteiger partial charge is 0.504 e. The number of carbonyl (C=O) groups is 1. The van der Waals surface area contributed by atoms with Gasteiger partial charge in [-0.05, 0) is 172 Å². The second kappa shape index (κ2) is 27.8. The third-order valence-electron chi connectivity index (χ3n) is 19.2. The average Bonchev–Trinajstić information content (AvgIpc) is 4.08. The quantitative estimate of drug-likeness (QED) is 0.0498. The summed E-state index contributed by atoms with van der Waals surface area (Å²) in [6, 6.07) is 12.9. The van der Waals surface area contributed by atoms with Gasteiger partial charge in [-0.2, -0.15) is 0 Å². The Bertz CT molecular complexity index is 2830. The smallest absolute Gasteiger partial charge is 0.220 e. The summed E-state index contributed by atoms with van der Waals surface area (Å²) in [4.78, 5) is 13.0. The Morgan fingerprint density at radius 3 is 2.51 bits per heavy atom. The molecule has 3 aromatic carbocycles. The number of carbonyl (C=O) groups excluding carboxylic acids is 1. The second-order valence-corrected chi connectivity index (χ2v) is 27.1. The van der Waals surface area contributed by atoms with E-state index < -0.39 is 48.5 Å². The van der Waals surface area contributed by atoms with Crippen molar-refractivity contribution in [3.05, 3.63) is 77.1 Å². The van der Waals surface area contributed by atoms with Crippen LogP contribution < -0.4 is 24.8 Å². The minimum absolute atomic E-state index is 0.00720. The van der Waals surface area contributed by atoms with Crippen LogP contribution in [0.1, 0.15) is 137 Å². The molecule has 1 spiro atoms. The van der Waals surface area contributed by atoms with E-state index in [2.05, 4.69) is 29.4 Å². The molecule has 15 atom stereocenters. The number of nitrogens with one attached hydrogen (secondary N) is 2. The molecule has 9 N–H and O–H groups in total. The lowest BCUT2D eigenvalue weighted by atomic mass is 9.51. The number of phenolic OH excluding ortho intramolecular Hbond substituents is 2. The first-order valence-electron chi connectivity index (χ1n) is 30.1. The van der Waals surface area contributed by atoms with Gasteiger partial charge in [-0.3, -0.25) is 4.79 Å². The molecule has 5 aliphatic heterocycles. The van der Waals surface area contributed by atoms with Crippen molar-refractivity contribution in [1.29, 1.82) is 0 Å². The fraction of sp³-hybridized carbons (Fsp3) is 0.641. The van der Waals surface area contributed by atoms with Crippen molar-refractivity contribution in [3.63, 3.8) is 0 Å². The number of rotatable bonds is 6. The summed E-state index contributed by atoms with van der Waals surface area (Å²) in [5.74, 6) is 8.82. The van der Waals surface area contributed by atoms with E-state index in [1.54, 1.807) is 18.2 Å². The van der Waals surface area contributed by atoms with Crippen LogP contribution in [0.2, 0.25) is 0 Å². The zero-order chi connectivity index (χ0) is 57.5. The lowest BCUT2D eigenvalue weighted by Gasteiger charge is -2.53. The molecule has 6 heterocycles. The lowest BCUT2D eigenvalue weighted by molar-refractivity contribution is -0.119. The van der Waals surface area contributed by atoms with E-state index in [0.717, 1.165) is 91.9 Å². The van der Waals surface area contributed by atoms with Crippen LogP contribution in [0, 0.1) is 52.8 Å². The molecule has 11 rings (SSSR count). The number of methoxy groups -OCH3 is 2. The van der Waals surface area contributed by atoms with Gasteiger partial charge in [0.05, 0.1) is 50.8 Å². The molecule has 1 saturated heterocycles. The second-order valence-electron chi connectivity index (χ2n) is 24.5. The van der Waals surface area contributed by atoms with Crippen LogP contribution in [0.15, 0.2) is 54.9 Å². The maximum Gasteiger partial charge on any atom is 0.220 e. The molecule has 18 heteroatoms. The van der Waals surface area contributed by atoms with E-state index in [0.29, 0.717) is 68.3 Å². The highest BCUT2D eigenvalue weighted by Crippen LogP contribution is 2.57. The topological polar surface area (TPSA) is 234 Å². The fourth-order valence-corrected chi connectivity index (χ4v) is 17.9. The van der Waals surface area contributed by atoms with Gasteiger partial charge in [0.1, 0.15) is 13.5 Å². The Kier molecular flexibility index (Phi) is 20.6. The highest BCUT2D eigenvalue weighted by molar-refractivity contribution is 8.76. The number of phenols is 2. The van der Waals surface area contributed by atoms with Gasteiger partial charge in [0.15, 0.2) is 23.0 Å². The Hall–Kier alpha value is -4.39. The third kappa shape index (κ3) is 14.0. The molecule has 1 aromatic heterocycles. The number of nitrogens with zero attached hydrogens (tertiary/aromatic N) is 1. The summed E-state index contributed by atoms with van der Waals surface area (Å²) in [6.07, 6.45) is 10.2. The van der Waals surface area contributed by atoms with Crippen LogP contribution in [0.25, 0.3) is 10.8 Å². The Labute approximate surface area is 491 Å². The first-order valence-corrected chi connectivity index (χ1v) is 32.5. The molecular weight excluding hydrogens is 1080 g/mol. The molecule has 2 saturated carbocycles. The van der Waals surface area contributed by atoms with Gasteiger partial charge in [-0.25, -0.2) is 0 Å². The third-order valence-corrected chi connectivity index (χ3v) is 22.0. The van der Waals surface area contributed by atoms with E-state index >= 15 is 0 Å². The van der Waals surface area contributed by atoms with E-state index in [1.165, 1.54) is 35.8 Å². The van der Waals surface area contributed by atoms with Crippen molar-refractivity contribution in [1.82, 2.24) is 15.2 Å². The van der Waals surface area contributed by atoms with Gasteiger partial charge < -0.3 is 74.6 Å². The molecule has 448 valence electrons. The number of aliphatic hydroxyl groups excluding tert-OH is 5. The maximum atomic E-state index is 13.0. The summed E-state index contributed by atoms with van der Waals surface area (Å²) in [5, 5.41) is 90.6. The van der Waals surface area contributed by atoms with Crippen molar-refractivity contribution in [2.45, 2.75) is 171 Å². The summed E-state index contributed by atoms with van der Waals surface area (Å²) < 4.78 is 32.3. The Balaban J connectivity index is 1.02. The predicted molar refractivity (Wildman–Crippen MR) is 318 cm³/mol. The molecule has 2 aliphatic carbocycles. The van der Waals surface area contributed by atoms with Crippen LogP contribution >= 0.6 is 21.6 Å². The normalized spacial score (nSPS) is 33.6. The standard InChI is InChI=1S/C64H87N3O13S2/c1-38-11-14-43-15-18-53(69)48-29-62(74)66-52(48)10-7-21-78-36-67-33-42-8-6-9-46(50(42)34-67)55(71)30-61-47-28-56(72)58(80-45-17-13-41-32-65-20-5-4-19-64(43,31-38)51(41)26-45)25-40(47)12-16-44(79-37-68)27-54(70)49(57(73)35-81-82-61)22-39-23-59(76-2)63(75)60(24-39)77-3/h6,8-9,23-25,28,33-34,38,41,43-45,48-49,51-55,57,61,65,68-73,75H,5,7,10-18,20-22,26-27,29-32,35-37H2,1-3H3,(H,66,74). The van der Waals surface area contributed by atoms with Crippen molar-refractivity contribution >= 4 is 38.3 Å². The van der Waals surface area contributed by atoms with Gasteiger partial charge >= 0.3 is 0 Å². The first kappa shape index (κ1) is 60.7. The van der Waals surface area contributed by atoms with Gasteiger partial charge in [0, 0.05) is 78.1 Å². The molecule has 4 aromatic rings. The van der Waals surface area contributed by atoms with Crippen molar-refractivity contribution in [2.75, 3.05) is 46.5 Å². The number of aliphatic hydroxyl groups is 5. The van der Waals surface area contributed by atoms with Crippen molar-refractivity contribution in [2.24, 2.45) is 40.9 Å². The molecule has 3 fully saturated rings. The van der Waals surface area contributed by atoms with Crippen LogP contribution in [-0.2, 0) is 33.8 Å². The van der Waals surface area contributed by atoms with Crippen LogP contribution in [0.3, 0.4) is 0 Å². The van der Waals surface area contributed by atoms with E-state index in [9.17, 15) is 40.5 Å². The van der Waals surface area contributed by atoms with Crippen molar-refractivity contribution in [3.8, 4) is 40.6 Å². The average molecular weight is 1170 g/mol. The highest BCUT2D eigenvalue weighted by Gasteiger charge is 2.52. The number of hydrogen-bond donors (Lipinski definition) is 9. The molecule has 1 amide bonds. The number of ether oxygens (including phenoxy) is 5. The van der Waals surface area contributed by atoms with E-state index in [4.69, 9.17) is 23.7 Å². The van der Waals surface area contributed by atoms with Gasteiger partial charge in [-0.1, -0.05) is 59.1 Å². The zero-order valence-electron chi connectivity index (χ0n) is 47.9. The minimum Gasteiger partial charge on any atom is -0.504 e. The molecule has 0 radical (unpaired) electrons. The predicted octanol–water partition coefficient (Wildman–Crippen LogP) is 8.86. The first-order chi connectivity index (χ1) is 39.7. The maximum absolute atomic E-state index is 13.0. The Morgan fingerprint density at radius 2 is 1.71 bits per heavy atom. The summed E-state index contributed by atoms with van der Waals surface area (Å²) >= 11 is 0. The number of aromatic nitrogens is 1. The van der Waals surface area contributed by atoms with Crippen LogP contribution in [-0.4, -0.2) is 129 Å². The van der Waals surface area contributed by atoms with Crippen LogP contribution in [0.4, 0.5) is 0 Å². The van der Waals surface area contributed by atoms with Crippen LogP contribution in [0.5, 0.6) is 28.7 Å². The number of benzene rings is 3. The summed E-state index contributed by atoms with van der Waals surface area (Å²) in [5.41, 5.74) is 2.78. The number of amides is 1. The number of fused-ring (bicyclic) bond motifs is 8. The van der Waals surface area contributed by atoms with E-state index in [-0.39, 0.29) is 96.0 Å². The number of aryl methyl sites for hydroxylation is 1. The van der Waals surface area contributed by atoms with Crippen molar-refractivity contribution < 1.29 is 64.2 Å². The Morgan fingerprint density at radius 1 is 0.890 bits per heavy atom. The van der Waals surface area contributed by atoms with Gasteiger partial charge in [-0.15, -0.1) is 5.92 Å². The lowest BCUT2D eigenvalue weighted by Crippen LogP contribution is -2.50. The fourth-order valence-electron chi connectivity index (χ4n) is 15.0. The van der Waals surface area contributed by atoms with Gasteiger partial charge in [0.25, 0.3) is 0 Å². The summed E-state index contributed by atoms with van der Waals surface area (Å²) in [6.45, 7) is 4.24. The summed E-state index contributed by atoms with van der Waals surface area (Å²) in [7, 11) is 5.84. The number of hydrogen-bond acceptors (Lipinski definition) is 16. The number of aromatic hydroxyl groups is 2. The monoisotopic (exact) mass is 1170 g/mol. The molecule has 16 nitrogen and oxygen atoms in total. The van der Waals surface area contributed by atoms with Gasteiger partial charge in [0.2, 0.25) is 11.7 Å². The SMILES string of the molecule is COc1cc(CC2C(O)CSSC3CC(O)c4cccc5cn(cc45)COCCCC4NC(=O)CC4C(O)CCC4CCC(C)CC45C#CCCNCC4CCC(CC45)Oc4cc(c3cc4O)CCC(OCO)CC2O)cc(OC)c1O. The molecule has 7 aliphatic rings. The van der Waals surface area contributed by atoms with E-state index in [1.807, 2.05) is 41.2 Å². The molecule has 82 heavy (non-hydrogen) atoms.